The molecule has 0 spiro atoms. The van der Waals surface area contributed by atoms with Crippen LogP contribution in [0.5, 0.6) is 0 Å². The smallest absolute Gasteiger partial charge is 0.302 e. The summed E-state index contributed by atoms with van der Waals surface area (Å²) in [5.41, 5.74) is 5.84. The Morgan fingerprint density at radius 3 is 2.62 bits per heavy atom. The first kappa shape index (κ1) is 16.9. The summed E-state index contributed by atoms with van der Waals surface area (Å²) in [6, 6.07) is 1.67. The van der Waals surface area contributed by atoms with Gasteiger partial charge in [-0.1, -0.05) is 0 Å². The van der Waals surface area contributed by atoms with Crippen LogP contribution in [-0.4, -0.2) is 49.7 Å². The second-order valence-electron chi connectivity index (χ2n) is 6.28. The molecule has 2 fully saturated rings. The molecular formula is C14H20FN5O3S. The van der Waals surface area contributed by atoms with E-state index in [4.69, 9.17) is 5.73 Å². The van der Waals surface area contributed by atoms with Gasteiger partial charge in [-0.3, -0.25) is 9.69 Å². The highest BCUT2D eigenvalue weighted by atomic mass is 32.3. The van der Waals surface area contributed by atoms with Crippen LogP contribution >= 0.6 is 0 Å². The van der Waals surface area contributed by atoms with Crippen molar-refractivity contribution in [3.05, 3.63) is 6.07 Å². The van der Waals surface area contributed by atoms with Crippen molar-refractivity contribution >= 4 is 33.7 Å². The molecule has 3 heterocycles. The Hall–Kier alpha value is -1.97. The molecule has 0 aromatic carbocycles. The predicted octanol–water partition coefficient (Wildman–Crippen LogP) is 0.701. The molecule has 1 aromatic rings. The van der Waals surface area contributed by atoms with E-state index in [1.165, 1.54) is 11.3 Å². The van der Waals surface area contributed by atoms with E-state index in [0.717, 1.165) is 25.9 Å². The zero-order chi connectivity index (χ0) is 17.3. The maximum atomic E-state index is 12.9. The summed E-state index contributed by atoms with van der Waals surface area (Å²) in [6.45, 7) is 1.81. The molecule has 0 bridgehead atoms. The number of anilines is 3. The lowest BCUT2D eigenvalue weighted by atomic mass is 10.1. The van der Waals surface area contributed by atoms with E-state index in [9.17, 15) is 17.1 Å². The van der Waals surface area contributed by atoms with E-state index >= 15 is 0 Å². The van der Waals surface area contributed by atoms with E-state index in [0.29, 0.717) is 5.82 Å². The number of rotatable bonds is 4. The van der Waals surface area contributed by atoms with Crippen LogP contribution < -0.4 is 15.5 Å². The molecule has 2 N–H and O–H groups in total. The van der Waals surface area contributed by atoms with E-state index in [-0.39, 0.29) is 30.6 Å². The SMILES string of the molecule is Nc1cc(N2CCCCC2)nc(N2CC(CS(=O)(=O)F)CC2=O)n1. The number of nitrogens with two attached hydrogens (primary N) is 1. The Labute approximate surface area is 140 Å². The van der Waals surface area contributed by atoms with Gasteiger partial charge in [0.15, 0.2) is 0 Å². The zero-order valence-electron chi connectivity index (χ0n) is 13.2. The van der Waals surface area contributed by atoms with Crippen molar-refractivity contribution in [1.29, 1.82) is 0 Å². The van der Waals surface area contributed by atoms with Gasteiger partial charge in [-0.05, 0) is 19.3 Å². The fraction of sp³-hybridized carbons (Fsp3) is 0.643. The van der Waals surface area contributed by atoms with Gasteiger partial charge < -0.3 is 10.6 Å². The molecule has 2 aliphatic heterocycles. The van der Waals surface area contributed by atoms with E-state index in [2.05, 4.69) is 14.9 Å². The van der Waals surface area contributed by atoms with Gasteiger partial charge >= 0.3 is 10.2 Å². The lowest BCUT2D eigenvalue weighted by Gasteiger charge is -2.28. The molecule has 24 heavy (non-hydrogen) atoms. The summed E-state index contributed by atoms with van der Waals surface area (Å²) in [5.74, 6) is -0.535. The number of carbonyl (C=O) groups excluding carboxylic acids is 1. The van der Waals surface area contributed by atoms with E-state index in [1.807, 2.05) is 0 Å². The molecule has 132 valence electrons. The van der Waals surface area contributed by atoms with Gasteiger partial charge in [0, 0.05) is 38.0 Å². The first-order valence-corrected chi connectivity index (χ1v) is 9.49. The van der Waals surface area contributed by atoms with Crippen LogP contribution in [0.1, 0.15) is 25.7 Å². The Balaban J connectivity index is 1.81. The van der Waals surface area contributed by atoms with Crippen LogP contribution in [0, 0.1) is 5.92 Å². The molecule has 1 amide bonds. The molecule has 1 unspecified atom stereocenters. The number of nitrogens with zero attached hydrogens (tertiary/aromatic N) is 4. The van der Waals surface area contributed by atoms with Crippen LogP contribution in [0.4, 0.5) is 21.5 Å². The number of carbonyl (C=O) groups is 1. The van der Waals surface area contributed by atoms with Crippen LogP contribution in [-0.2, 0) is 15.0 Å². The average molecular weight is 357 g/mol. The second-order valence-corrected chi connectivity index (χ2v) is 7.69. The number of hydrogen-bond acceptors (Lipinski definition) is 7. The van der Waals surface area contributed by atoms with Crippen LogP contribution in [0.3, 0.4) is 0 Å². The van der Waals surface area contributed by atoms with Gasteiger partial charge in [0.2, 0.25) is 11.9 Å². The minimum Gasteiger partial charge on any atom is -0.383 e. The summed E-state index contributed by atoms with van der Waals surface area (Å²) in [4.78, 5) is 24.0. The Morgan fingerprint density at radius 1 is 1.25 bits per heavy atom. The number of aromatic nitrogens is 2. The normalized spacial score (nSPS) is 22.2. The van der Waals surface area contributed by atoms with Gasteiger partial charge in [0.25, 0.3) is 0 Å². The first-order valence-electron chi connectivity index (χ1n) is 7.94. The number of hydrogen-bond donors (Lipinski definition) is 1. The summed E-state index contributed by atoms with van der Waals surface area (Å²) in [6.07, 6.45) is 3.27. The second kappa shape index (κ2) is 6.50. The van der Waals surface area contributed by atoms with Gasteiger partial charge in [0.1, 0.15) is 11.6 Å². The highest BCUT2D eigenvalue weighted by molar-refractivity contribution is 7.86. The number of halogens is 1. The molecule has 1 aromatic heterocycles. The number of piperidine rings is 1. The topological polar surface area (TPSA) is 109 Å². The highest BCUT2D eigenvalue weighted by Gasteiger charge is 2.35. The molecule has 2 aliphatic rings. The third kappa shape index (κ3) is 3.92. The summed E-state index contributed by atoms with van der Waals surface area (Å²) in [5, 5.41) is 0. The lowest BCUT2D eigenvalue weighted by Crippen LogP contribution is -2.32. The van der Waals surface area contributed by atoms with Crippen molar-refractivity contribution in [2.24, 2.45) is 5.92 Å². The van der Waals surface area contributed by atoms with Crippen molar-refractivity contribution in [1.82, 2.24) is 9.97 Å². The molecule has 3 rings (SSSR count). The Kier molecular flexibility index (Phi) is 4.57. The van der Waals surface area contributed by atoms with Gasteiger partial charge in [0.05, 0.1) is 5.75 Å². The molecule has 0 radical (unpaired) electrons. The Bertz CT molecular complexity index is 736. The van der Waals surface area contributed by atoms with Crippen molar-refractivity contribution in [3.63, 3.8) is 0 Å². The summed E-state index contributed by atoms with van der Waals surface area (Å²) >= 11 is 0. The first-order chi connectivity index (χ1) is 11.3. The minimum atomic E-state index is -4.62. The van der Waals surface area contributed by atoms with Crippen LogP contribution in [0.15, 0.2) is 6.07 Å². The fourth-order valence-corrected chi connectivity index (χ4v) is 4.00. The molecular weight excluding hydrogens is 337 g/mol. The van der Waals surface area contributed by atoms with Gasteiger partial charge in [-0.15, -0.1) is 3.89 Å². The fourth-order valence-electron chi connectivity index (χ4n) is 3.21. The predicted molar refractivity (Wildman–Crippen MR) is 87.9 cm³/mol. The third-order valence-electron chi connectivity index (χ3n) is 4.28. The largest absolute Gasteiger partial charge is 0.383 e. The average Bonchev–Trinajstić information content (AvgIpc) is 2.86. The zero-order valence-corrected chi connectivity index (χ0v) is 14.0. The third-order valence-corrected chi connectivity index (χ3v) is 5.15. The summed E-state index contributed by atoms with van der Waals surface area (Å²) < 4.78 is 34.4. The monoisotopic (exact) mass is 357 g/mol. The number of nitrogen functional groups attached to an aromatic ring is 1. The lowest BCUT2D eigenvalue weighted by molar-refractivity contribution is -0.117. The van der Waals surface area contributed by atoms with Crippen molar-refractivity contribution < 1.29 is 17.1 Å². The summed E-state index contributed by atoms with van der Waals surface area (Å²) in [7, 11) is -4.62. The standard InChI is InChI=1S/C14H20FN5O3S/c15-24(22,23)9-10-6-13(21)20(8-10)14-17-11(16)7-12(18-14)19-4-2-1-3-5-19/h7,10H,1-6,8-9H2,(H2,16,17,18). The van der Waals surface area contributed by atoms with Crippen LogP contribution in [0.25, 0.3) is 0 Å². The van der Waals surface area contributed by atoms with E-state index < -0.39 is 21.9 Å². The molecule has 8 nitrogen and oxygen atoms in total. The number of amides is 1. The maximum Gasteiger partial charge on any atom is 0.302 e. The van der Waals surface area contributed by atoms with Gasteiger partial charge in [-0.25, -0.2) is 0 Å². The van der Waals surface area contributed by atoms with Crippen molar-refractivity contribution in [2.45, 2.75) is 25.7 Å². The molecule has 10 heteroatoms. The van der Waals surface area contributed by atoms with Crippen LogP contribution in [0.2, 0.25) is 0 Å². The molecule has 0 saturated carbocycles. The molecule has 1 atom stereocenters. The highest BCUT2D eigenvalue weighted by Crippen LogP contribution is 2.27. The van der Waals surface area contributed by atoms with Crippen molar-refractivity contribution in [2.75, 3.05) is 40.9 Å². The quantitative estimate of drug-likeness (QED) is 0.790. The van der Waals surface area contributed by atoms with Gasteiger partial charge in [-0.2, -0.15) is 18.4 Å². The molecule has 0 aliphatic carbocycles. The molecule has 2 saturated heterocycles. The van der Waals surface area contributed by atoms with Crippen molar-refractivity contribution in [3.8, 4) is 0 Å². The maximum absolute atomic E-state index is 12.9. The van der Waals surface area contributed by atoms with E-state index in [1.54, 1.807) is 6.07 Å². The Morgan fingerprint density at radius 2 is 1.96 bits per heavy atom. The minimum absolute atomic E-state index is 0.0413.